The highest BCUT2D eigenvalue weighted by molar-refractivity contribution is 7.92. The number of hydrogen-bond donors (Lipinski definition) is 1. The molecule has 4 aromatic rings. The number of aromatic nitrogens is 1. The molecule has 0 saturated heterocycles. The van der Waals surface area contributed by atoms with E-state index in [0.717, 1.165) is 29.0 Å². The van der Waals surface area contributed by atoms with E-state index in [0.29, 0.717) is 26.3 Å². The zero-order valence-corrected chi connectivity index (χ0v) is 22.2. The van der Waals surface area contributed by atoms with Crippen molar-refractivity contribution < 1.29 is 26.4 Å². The molecule has 1 heterocycles. The second-order valence-electron chi connectivity index (χ2n) is 8.94. The number of halogens is 3. The number of alkyl halides is 3. The predicted octanol–water partition coefficient (Wildman–Crippen LogP) is 5.81. The Morgan fingerprint density at radius 1 is 1.05 bits per heavy atom. The third-order valence-electron chi connectivity index (χ3n) is 5.77. The highest BCUT2D eigenvalue weighted by Crippen LogP contribution is 2.33. The van der Waals surface area contributed by atoms with Crippen molar-refractivity contribution in [3.8, 4) is 0 Å². The molecule has 1 amide bonds. The molecule has 0 saturated carbocycles. The molecule has 0 fully saturated rings. The van der Waals surface area contributed by atoms with Gasteiger partial charge in [0, 0.05) is 11.7 Å². The number of sulfonamides is 1. The number of amides is 1. The maximum Gasteiger partial charge on any atom is 0.416 e. The fourth-order valence-corrected chi connectivity index (χ4v) is 6.39. The summed E-state index contributed by atoms with van der Waals surface area (Å²) < 4.78 is 70.0. The number of carbonyl (C=O) groups is 1. The Labute approximate surface area is 221 Å². The number of anilines is 2. The Bertz CT molecular complexity index is 1660. The van der Waals surface area contributed by atoms with Crippen LogP contribution in [0.1, 0.15) is 31.0 Å². The van der Waals surface area contributed by atoms with Crippen molar-refractivity contribution in [2.45, 2.75) is 37.9 Å². The highest BCUT2D eigenvalue weighted by atomic mass is 32.2. The summed E-state index contributed by atoms with van der Waals surface area (Å²) in [6.07, 6.45) is -4.71. The Hall–Kier alpha value is -3.64. The van der Waals surface area contributed by atoms with Crippen LogP contribution >= 0.6 is 11.3 Å². The van der Waals surface area contributed by atoms with E-state index >= 15 is 0 Å². The number of nitrogens with zero attached hydrogens (tertiary/aromatic N) is 2. The maximum atomic E-state index is 13.5. The molecular weight excluding hydrogens is 539 g/mol. The molecule has 0 unspecified atom stereocenters. The van der Waals surface area contributed by atoms with E-state index in [1.54, 1.807) is 41.8 Å². The number of carbonyl (C=O) groups excluding carboxylic acids is 1. The van der Waals surface area contributed by atoms with Gasteiger partial charge < -0.3 is 5.32 Å². The second kappa shape index (κ2) is 10.3. The van der Waals surface area contributed by atoms with E-state index in [-0.39, 0.29) is 21.5 Å². The van der Waals surface area contributed by atoms with Crippen molar-refractivity contribution in [3.05, 3.63) is 87.5 Å². The second-order valence-corrected chi connectivity index (χ2v) is 11.8. The third kappa shape index (κ3) is 5.60. The fourth-order valence-electron chi connectivity index (χ4n) is 3.92. The molecule has 0 spiro atoms. The zero-order valence-electron chi connectivity index (χ0n) is 20.6. The molecule has 0 radical (unpaired) electrons. The van der Waals surface area contributed by atoms with Crippen molar-refractivity contribution in [2.24, 2.45) is 0 Å². The van der Waals surface area contributed by atoms with E-state index in [1.807, 2.05) is 13.8 Å². The molecule has 1 N–H and O–H groups in total. The number of fused-ring (bicyclic) bond motifs is 1. The maximum absolute atomic E-state index is 13.5. The lowest BCUT2D eigenvalue weighted by atomic mass is 10.2. The minimum Gasteiger partial charge on any atom is -0.324 e. The van der Waals surface area contributed by atoms with Crippen LogP contribution in [-0.2, 0) is 21.0 Å². The van der Waals surface area contributed by atoms with Gasteiger partial charge >= 0.3 is 11.0 Å². The topological polar surface area (TPSA) is 88.5 Å². The summed E-state index contributed by atoms with van der Waals surface area (Å²) in [6, 6.07) is 14.4. The smallest absolute Gasteiger partial charge is 0.324 e. The van der Waals surface area contributed by atoms with Crippen LogP contribution < -0.4 is 14.5 Å². The van der Waals surface area contributed by atoms with E-state index in [2.05, 4.69) is 5.32 Å². The van der Waals surface area contributed by atoms with Crippen LogP contribution in [0, 0.1) is 6.92 Å². The summed E-state index contributed by atoms with van der Waals surface area (Å²) in [6.45, 7) is 4.73. The molecule has 0 aliphatic carbocycles. The van der Waals surface area contributed by atoms with Crippen molar-refractivity contribution in [1.29, 1.82) is 0 Å². The predicted molar refractivity (Wildman–Crippen MR) is 142 cm³/mol. The van der Waals surface area contributed by atoms with Crippen LogP contribution in [-0.4, -0.2) is 25.4 Å². The number of nitrogens with one attached hydrogen (secondary N) is 1. The van der Waals surface area contributed by atoms with Crippen molar-refractivity contribution in [3.63, 3.8) is 0 Å². The number of thiazole rings is 1. The molecule has 4 rings (SSSR count). The highest BCUT2D eigenvalue weighted by Gasteiger charge is 2.33. The molecule has 3 aromatic carbocycles. The molecule has 0 aliphatic heterocycles. The first-order valence-electron chi connectivity index (χ1n) is 11.5. The van der Waals surface area contributed by atoms with Crippen LogP contribution in [0.25, 0.3) is 10.2 Å². The Morgan fingerprint density at radius 3 is 2.37 bits per heavy atom. The molecule has 38 heavy (non-hydrogen) atoms. The first-order valence-corrected chi connectivity index (χ1v) is 13.7. The average molecular weight is 564 g/mol. The lowest BCUT2D eigenvalue weighted by Gasteiger charge is -2.25. The molecule has 200 valence electrons. The minimum atomic E-state index is -4.71. The molecular formula is C26H24F3N3O4S2. The summed E-state index contributed by atoms with van der Waals surface area (Å²) in [4.78, 5) is 25.0. The zero-order chi connectivity index (χ0) is 27.8. The summed E-state index contributed by atoms with van der Waals surface area (Å²) >= 11 is 1.01. The lowest BCUT2D eigenvalue weighted by Crippen LogP contribution is -2.38. The number of rotatable bonds is 7. The van der Waals surface area contributed by atoms with Gasteiger partial charge in [-0.1, -0.05) is 35.1 Å². The van der Waals surface area contributed by atoms with Crippen LogP contribution in [0.2, 0.25) is 0 Å². The number of aryl methyl sites for hydroxylation is 1. The standard InChI is InChI=1S/C26H24F3N3O4S2/c1-16(2)32-22-12-9-19(14-23(22)37-25(32)34)30-24(33)15-31(20-6-4-5-18(13-20)26(27,28)29)38(35,36)21-10-7-17(3)8-11-21/h4-14,16H,15H2,1-3H3,(H,30,33). The van der Waals surface area contributed by atoms with Crippen LogP contribution in [0.5, 0.6) is 0 Å². The van der Waals surface area contributed by atoms with Crippen molar-refractivity contribution in [1.82, 2.24) is 4.57 Å². The van der Waals surface area contributed by atoms with Crippen molar-refractivity contribution in [2.75, 3.05) is 16.2 Å². The number of hydrogen-bond acceptors (Lipinski definition) is 5. The lowest BCUT2D eigenvalue weighted by molar-refractivity contribution is -0.137. The number of benzene rings is 3. The summed E-state index contributed by atoms with van der Waals surface area (Å²) in [5, 5.41) is 2.60. The van der Waals surface area contributed by atoms with Crippen LogP contribution in [0.15, 0.2) is 76.4 Å². The quantitative estimate of drug-likeness (QED) is 0.308. The molecule has 1 aromatic heterocycles. The van der Waals surface area contributed by atoms with Crippen LogP contribution in [0.4, 0.5) is 24.5 Å². The van der Waals surface area contributed by atoms with Gasteiger partial charge in [-0.2, -0.15) is 13.2 Å². The van der Waals surface area contributed by atoms with Gasteiger partial charge in [0.25, 0.3) is 10.0 Å². The monoisotopic (exact) mass is 563 g/mol. The Kier molecular flexibility index (Phi) is 7.39. The largest absolute Gasteiger partial charge is 0.416 e. The van der Waals surface area contributed by atoms with Gasteiger partial charge in [0.1, 0.15) is 6.54 Å². The van der Waals surface area contributed by atoms with Gasteiger partial charge in [-0.15, -0.1) is 0 Å². The van der Waals surface area contributed by atoms with E-state index in [1.165, 1.54) is 18.2 Å². The summed E-state index contributed by atoms with van der Waals surface area (Å²) in [5.74, 6) is -0.770. The average Bonchev–Trinajstić information content (AvgIpc) is 3.17. The molecule has 0 aliphatic rings. The summed E-state index contributed by atoms with van der Waals surface area (Å²) in [5.41, 5.74) is 0.445. The molecule has 0 atom stereocenters. The van der Waals surface area contributed by atoms with Gasteiger partial charge in [-0.25, -0.2) is 8.42 Å². The van der Waals surface area contributed by atoms with E-state index in [4.69, 9.17) is 0 Å². The van der Waals surface area contributed by atoms with Gasteiger partial charge in [0.15, 0.2) is 0 Å². The first kappa shape index (κ1) is 27.4. The minimum absolute atomic E-state index is 0.0651. The normalized spacial score (nSPS) is 12.2. The first-order chi connectivity index (χ1) is 17.8. The SMILES string of the molecule is Cc1ccc(S(=O)(=O)N(CC(=O)Nc2ccc3c(c2)sc(=O)n3C(C)C)c2cccc(C(F)(F)F)c2)cc1. The van der Waals surface area contributed by atoms with Gasteiger partial charge in [0.05, 0.1) is 26.4 Å². The molecule has 7 nitrogen and oxygen atoms in total. The molecule has 12 heteroatoms. The Balaban J connectivity index is 1.69. The van der Waals surface area contributed by atoms with E-state index < -0.39 is 34.2 Å². The van der Waals surface area contributed by atoms with Crippen LogP contribution in [0.3, 0.4) is 0 Å². The Morgan fingerprint density at radius 2 is 1.74 bits per heavy atom. The van der Waals surface area contributed by atoms with Gasteiger partial charge in [-0.3, -0.25) is 18.5 Å². The van der Waals surface area contributed by atoms with E-state index in [9.17, 15) is 31.2 Å². The van der Waals surface area contributed by atoms with Crippen molar-refractivity contribution >= 4 is 48.9 Å². The summed E-state index contributed by atoms with van der Waals surface area (Å²) in [7, 11) is -4.40. The third-order valence-corrected chi connectivity index (χ3v) is 8.48. The van der Waals surface area contributed by atoms with Gasteiger partial charge in [0.2, 0.25) is 5.91 Å². The molecule has 0 bridgehead atoms. The van der Waals surface area contributed by atoms with Gasteiger partial charge in [-0.05, 0) is 69.3 Å². The fraction of sp³-hybridized carbons (Fsp3) is 0.231.